The lowest BCUT2D eigenvalue weighted by molar-refractivity contribution is 0.452. The second-order valence-corrected chi connectivity index (χ2v) is 5.20. The zero-order valence-corrected chi connectivity index (χ0v) is 11.3. The molecule has 0 saturated carbocycles. The highest BCUT2D eigenvalue weighted by Gasteiger charge is 2.22. The summed E-state index contributed by atoms with van der Waals surface area (Å²) in [6.07, 6.45) is 2.65. The molecule has 1 unspecified atom stereocenters. The number of nitrogens with two attached hydrogens (primary N) is 1. The molecule has 0 saturated heterocycles. The van der Waals surface area contributed by atoms with Crippen molar-refractivity contribution in [2.75, 3.05) is 0 Å². The molecule has 1 atom stereocenters. The molecule has 5 heteroatoms. The van der Waals surface area contributed by atoms with Crippen molar-refractivity contribution in [1.29, 1.82) is 0 Å². The van der Waals surface area contributed by atoms with E-state index in [0.29, 0.717) is 0 Å². The van der Waals surface area contributed by atoms with E-state index in [0.717, 1.165) is 16.7 Å². The van der Waals surface area contributed by atoms with E-state index >= 15 is 0 Å². The predicted molar refractivity (Wildman–Crippen MR) is 69.3 cm³/mol. The maximum absolute atomic E-state index is 5.62. The average Bonchev–Trinajstić information content (AvgIpc) is 2.90. The highest BCUT2D eigenvalue weighted by Crippen LogP contribution is 2.33. The van der Waals surface area contributed by atoms with Gasteiger partial charge in [0.15, 0.2) is 0 Å². The number of hydrazine groups is 1. The van der Waals surface area contributed by atoms with E-state index in [4.69, 9.17) is 10.3 Å². The zero-order chi connectivity index (χ0) is 11.5. The quantitative estimate of drug-likeness (QED) is 0.673. The van der Waals surface area contributed by atoms with E-state index in [-0.39, 0.29) is 6.04 Å². The van der Waals surface area contributed by atoms with Crippen molar-refractivity contribution in [2.24, 2.45) is 5.84 Å². The Morgan fingerprint density at radius 1 is 1.56 bits per heavy atom. The fourth-order valence-electron chi connectivity index (χ4n) is 1.67. The van der Waals surface area contributed by atoms with Crippen molar-refractivity contribution < 1.29 is 4.42 Å². The van der Waals surface area contributed by atoms with Crippen LogP contribution in [0.5, 0.6) is 0 Å². The molecule has 2 rings (SSSR count). The summed E-state index contributed by atoms with van der Waals surface area (Å²) in [7, 11) is 0. The van der Waals surface area contributed by atoms with Crippen LogP contribution in [0.2, 0.25) is 0 Å². The van der Waals surface area contributed by atoms with Crippen LogP contribution < -0.4 is 11.3 Å². The van der Waals surface area contributed by atoms with Crippen LogP contribution in [0.3, 0.4) is 0 Å². The van der Waals surface area contributed by atoms with E-state index in [1.165, 1.54) is 10.4 Å². The van der Waals surface area contributed by atoms with Gasteiger partial charge in [0.05, 0.1) is 10.7 Å². The molecule has 0 aliphatic rings. The van der Waals surface area contributed by atoms with Crippen LogP contribution in [0.25, 0.3) is 0 Å². The minimum atomic E-state index is -0.0840. The number of nitrogens with one attached hydrogen (secondary N) is 1. The van der Waals surface area contributed by atoms with Gasteiger partial charge in [0.2, 0.25) is 0 Å². The molecule has 0 aromatic carbocycles. The largest absolute Gasteiger partial charge is 0.466 e. The molecule has 86 valence electrons. The number of furan rings is 1. The molecule has 0 fully saturated rings. The normalized spacial score (nSPS) is 12.9. The first-order chi connectivity index (χ1) is 7.77. The molecule has 2 aromatic heterocycles. The first-order valence-corrected chi connectivity index (χ1v) is 6.70. The molecule has 0 spiro atoms. The monoisotopic (exact) mass is 300 g/mol. The van der Waals surface area contributed by atoms with Crippen LogP contribution >= 0.6 is 27.3 Å². The SMILES string of the molecule is CCc1ccsc1C(NN)c1occc1Br. The number of hydrogen-bond acceptors (Lipinski definition) is 4. The van der Waals surface area contributed by atoms with Crippen molar-refractivity contribution in [3.63, 3.8) is 0 Å². The highest BCUT2D eigenvalue weighted by molar-refractivity contribution is 9.10. The molecule has 2 aromatic rings. The summed E-state index contributed by atoms with van der Waals surface area (Å²) in [5.41, 5.74) is 4.11. The molecule has 3 N–H and O–H groups in total. The summed E-state index contributed by atoms with van der Waals surface area (Å²) in [6, 6.07) is 3.92. The number of hydrogen-bond donors (Lipinski definition) is 2. The maximum Gasteiger partial charge on any atom is 0.141 e. The molecule has 0 radical (unpaired) electrons. The van der Waals surface area contributed by atoms with Gasteiger partial charge in [-0.05, 0) is 45.4 Å². The topological polar surface area (TPSA) is 51.2 Å². The minimum Gasteiger partial charge on any atom is -0.466 e. The Balaban J connectivity index is 2.40. The number of rotatable bonds is 4. The maximum atomic E-state index is 5.62. The Labute approximate surface area is 107 Å². The third kappa shape index (κ3) is 2.08. The molecule has 0 bridgehead atoms. The minimum absolute atomic E-state index is 0.0840. The summed E-state index contributed by atoms with van der Waals surface area (Å²) < 4.78 is 6.39. The summed E-state index contributed by atoms with van der Waals surface area (Å²) in [5, 5.41) is 2.08. The van der Waals surface area contributed by atoms with Crippen LogP contribution in [0.4, 0.5) is 0 Å². The van der Waals surface area contributed by atoms with Gasteiger partial charge in [0.1, 0.15) is 11.8 Å². The molecule has 16 heavy (non-hydrogen) atoms. The molecular weight excluding hydrogens is 288 g/mol. The van der Waals surface area contributed by atoms with Gasteiger partial charge in [-0.2, -0.15) is 0 Å². The molecule has 0 aliphatic heterocycles. The van der Waals surface area contributed by atoms with Gasteiger partial charge in [0, 0.05) is 4.88 Å². The number of aryl methyl sites for hydroxylation is 1. The Bertz CT molecular complexity index is 466. The van der Waals surface area contributed by atoms with Crippen LogP contribution in [0.1, 0.15) is 29.2 Å². The van der Waals surface area contributed by atoms with Crippen LogP contribution in [-0.2, 0) is 6.42 Å². The fourth-order valence-corrected chi connectivity index (χ4v) is 3.16. The third-order valence-electron chi connectivity index (χ3n) is 2.50. The Kier molecular flexibility index (Phi) is 3.81. The first-order valence-electron chi connectivity index (χ1n) is 5.03. The van der Waals surface area contributed by atoms with E-state index < -0.39 is 0 Å². The predicted octanol–water partition coefficient (Wildman–Crippen LogP) is 3.22. The lowest BCUT2D eigenvalue weighted by atomic mass is 10.1. The van der Waals surface area contributed by atoms with E-state index in [1.54, 1.807) is 17.6 Å². The summed E-state index contributed by atoms with van der Waals surface area (Å²) in [4.78, 5) is 1.21. The number of halogens is 1. The Morgan fingerprint density at radius 3 is 2.94 bits per heavy atom. The fraction of sp³-hybridized carbons (Fsp3) is 0.273. The van der Waals surface area contributed by atoms with E-state index in [9.17, 15) is 0 Å². The van der Waals surface area contributed by atoms with Crippen LogP contribution in [-0.4, -0.2) is 0 Å². The van der Waals surface area contributed by atoms with E-state index in [1.807, 2.05) is 6.07 Å². The standard InChI is InChI=1S/C11H13BrN2OS/c1-2-7-4-6-16-11(7)9(14-13)10-8(12)3-5-15-10/h3-6,9,14H,2,13H2,1H3. The molecule has 0 amide bonds. The van der Waals surface area contributed by atoms with Gasteiger partial charge in [-0.3, -0.25) is 5.84 Å². The van der Waals surface area contributed by atoms with E-state index in [2.05, 4.69) is 39.7 Å². The smallest absolute Gasteiger partial charge is 0.141 e. The zero-order valence-electron chi connectivity index (χ0n) is 8.87. The van der Waals surface area contributed by atoms with Gasteiger partial charge in [-0.25, -0.2) is 5.43 Å². The molecule has 0 aliphatic carbocycles. The lowest BCUT2D eigenvalue weighted by Crippen LogP contribution is -2.28. The first kappa shape index (κ1) is 11.9. The Hall–Kier alpha value is -0.620. The van der Waals surface area contributed by atoms with Crippen molar-refractivity contribution in [3.8, 4) is 0 Å². The van der Waals surface area contributed by atoms with Crippen molar-refractivity contribution in [1.82, 2.24) is 5.43 Å². The molecule has 3 nitrogen and oxygen atoms in total. The lowest BCUT2D eigenvalue weighted by Gasteiger charge is -2.14. The van der Waals surface area contributed by atoms with Gasteiger partial charge >= 0.3 is 0 Å². The van der Waals surface area contributed by atoms with Crippen molar-refractivity contribution >= 4 is 27.3 Å². The van der Waals surface area contributed by atoms with Gasteiger partial charge in [0.25, 0.3) is 0 Å². The molecular formula is C11H13BrN2OS. The summed E-state index contributed by atoms with van der Waals surface area (Å²) in [6.45, 7) is 2.14. The summed E-state index contributed by atoms with van der Waals surface area (Å²) in [5.74, 6) is 6.44. The van der Waals surface area contributed by atoms with Gasteiger partial charge in [-0.15, -0.1) is 11.3 Å². The highest BCUT2D eigenvalue weighted by atomic mass is 79.9. The summed E-state index contributed by atoms with van der Waals surface area (Å²) >= 11 is 5.15. The van der Waals surface area contributed by atoms with Crippen LogP contribution in [0.15, 0.2) is 32.7 Å². The average molecular weight is 301 g/mol. The van der Waals surface area contributed by atoms with Crippen molar-refractivity contribution in [2.45, 2.75) is 19.4 Å². The van der Waals surface area contributed by atoms with Crippen LogP contribution in [0, 0.1) is 0 Å². The second kappa shape index (κ2) is 5.14. The van der Waals surface area contributed by atoms with Gasteiger partial charge in [-0.1, -0.05) is 6.92 Å². The second-order valence-electron chi connectivity index (χ2n) is 3.40. The number of thiophene rings is 1. The molecule has 2 heterocycles. The van der Waals surface area contributed by atoms with Gasteiger partial charge < -0.3 is 4.42 Å². The Morgan fingerprint density at radius 2 is 2.38 bits per heavy atom. The van der Waals surface area contributed by atoms with Crippen molar-refractivity contribution in [3.05, 3.63) is 44.4 Å². The third-order valence-corrected chi connectivity index (χ3v) is 4.18.